The lowest BCUT2D eigenvalue weighted by Gasteiger charge is -2.31. The fourth-order valence-electron chi connectivity index (χ4n) is 3.15. The molecule has 1 aromatic carbocycles. The number of carbonyl (C=O) groups is 1. The van der Waals surface area contributed by atoms with Crippen LogP contribution in [0.15, 0.2) is 36.4 Å². The van der Waals surface area contributed by atoms with Crippen molar-refractivity contribution in [3.05, 3.63) is 47.9 Å². The van der Waals surface area contributed by atoms with E-state index in [-0.39, 0.29) is 5.91 Å². The number of aromatic nitrogens is 2. The highest BCUT2D eigenvalue weighted by atomic mass is 16.2. The van der Waals surface area contributed by atoms with Crippen LogP contribution in [0.1, 0.15) is 36.1 Å². The van der Waals surface area contributed by atoms with E-state index in [0.29, 0.717) is 17.4 Å². The van der Waals surface area contributed by atoms with Crippen LogP contribution in [0.25, 0.3) is 0 Å². The molecule has 0 spiro atoms. The maximum absolute atomic E-state index is 12.8. The van der Waals surface area contributed by atoms with Crippen molar-refractivity contribution in [2.75, 3.05) is 25.0 Å². The standard InChI is InChI=1S/C19H24N4O/c1-14-8-7-11-23(13-14)19(24)17-12-18(21-15(2)20-17)22(3)16-9-5-4-6-10-16/h4-6,9-10,12,14H,7-8,11,13H2,1-3H3. The molecular weight excluding hydrogens is 300 g/mol. The van der Waals surface area contributed by atoms with Crippen molar-refractivity contribution >= 4 is 17.4 Å². The molecule has 24 heavy (non-hydrogen) atoms. The number of anilines is 2. The largest absolute Gasteiger partial charge is 0.337 e. The van der Waals surface area contributed by atoms with E-state index in [2.05, 4.69) is 16.9 Å². The fourth-order valence-corrected chi connectivity index (χ4v) is 3.15. The van der Waals surface area contributed by atoms with Crippen molar-refractivity contribution < 1.29 is 4.79 Å². The highest BCUT2D eigenvalue weighted by Gasteiger charge is 2.24. The SMILES string of the molecule is Cc1nc(C(=O)N2CCCC(C)C2)cc(N(C)c2ccccc2)n1. The molecule has 5 heteroatoms. The number of benzene rings is 1. The van der Waals surface area contributed by atoms with Crippen LogP contribution >= 0.6 is 0 Å². The summed E-state index contributed by atoms with van der Waals surface area (Å²) in [5.41, 5.74) is 1.51. The van der Waals surface area contributed by atoms with Crippen LogP contribution in [0.5, 0.6) is 0 Å². The second kappa shape index (κ2) is 6.99. The van der Waals surface area contributed by atoms with E-state index in [1.54, 1.807) is 6.07 Å². The summed E-state index contributed by atoms with van der Waals surface area (Å²) >= 11 is 0. The van der Waals surface area contributed by atoms with Gasteiger partial charge in [-0.2, -0.15) is 0 Å². The topological polar surface area (TPSA) is 49.3 Å². The Labute approximate surface area is 143 Å². The Balaban J connectivity index is 1.87. The lowest BCUT2D eigenvalue weighted by Crippen LogP contribution is -2.39. The van der Waals surface area contributed by atoms with Crippen LogP contribution < -0.4 is 4.90 Å². The van der Waals surface area contributed by atoms with Gasteiger partial charge in [0.05, 0.1) is 0 Å². The minimum atomic E-state index is 0.00904. The number of rotatable bonds is 3. The Morgan fingerprint density at radius 1 is 1.25 bits per heavy atom. The number of hydrogen-bond acceptors (Lipinski definition) is 4. The molecule has 0 radical (unpaired) electrons. The molecule has 1 saturated heterocycles. The number of piperidine rings is 1. The molecule has 2 heterocycles. The molecule has 126 valence electrons. The number of aryl methyl sites for hydroxylation is 1. The molecule has 0 N–H and O–H groups in total. The van der Waals surface area contributed by atoms with Gasteiger partial charge in [-0.05, 0) is 37.8 Å². The summed E-state index contributed by atoms with van der Waals surface area (Å²) in [6, 6.07) is 11.8. The predicted molar refractivity (Wildman–Crippen MR) is 95.6 cm³/mol. The maximum atomic E-state index is 12.8. The lowest BCUT2D eigenvalue weighted by atomic mass is 10.00. The molecular formula is C19H24N4O. The highest BCUT2D eigenvalue weighted by Crippen LogP contribution is 2.23. The van der Waals surface area contributed by atoms with Crippen LogP contribution in [0.4, 0.5) is 11.5 Å². The van der Waals surface area contributed by atoms with E-state index in [9.17, 15) is 4.79 Å². The van der Waals surface area contributed by atoms with Gasteiger partial charge >= 0.3 is 0 Å². The second-order valence-corrected chi connectivity index (χ2v) is 6.55. The number of hydrogen-bond donors (Lipinski definition) is 0. The molecule has 2 aromatic rings. The van der Waals surface area contributed by atoms with Crippen LogP contribution in [0, 0.1) is 12.8 Å². The number of amides is 1. The van der Waals surface area contributed by atoms with Gasteiger partial charge in [-0.25, -0.2) is 9.97 Å². The van der Waals surface area contributed by atoms with E-state index in [0.717, 1.165) is 31.0 Å². The first kappa shape index (κ1) is 16.4. The fraction of sp³-hybridized carbons (Fsp3) is 0.421. The van der Waals surface area contributed by atoms with Gasteiger partial charge in [0.2, 0.25) is 0 Å². The molecule has 1 unspecified atom stereocenters. The third-order valence-electron chi connectivity index (χ3n) is 4.47. The van der Waals surface area contributed by atoms with Gasteiger partial charge in [-0.3, -0.25) is 4.79 Å². The number of carbonyl (C=O) groups excluding carboxylic acids is 1. The number of nitrogens with zero attached hydrogens (tertiary/aromatic N) is 4. The Hall–Kier alpha value is -2.43. The predicted octanol–water partition coefficient (Wildman–Crippen LogP) is 3.43. The van der Waals surface area contributed by atoms with Crippen LogP contribution in [-0.4, -0.2) is 40.9 Å². The smallest absolute Gasteiger partial charge is 0.272 e. The van der Waals surface area contributed by atoms with Crippen molar-refractivity contribution in [1.29, 1.82) is 0 Å². The molecule has 5 nitrogen and oxygen atoms in total. The average molecular weight is 324 g/mol. The van der Waals surface area contributed by atoms with E-state index in [1.807, 2.05) is 54.1 Å². The molecule has 1 aliphatic rings. The third-order valence-corrected chi connectivity index (χ3v) is 4.47. The third kappa shape index (κ3) is 3.55. The molecule has 1 atom stereocenters. The first-order chi connectivity index (χ1) is 11.5. The summed E-state index contributed by atoms with van der Waals surface area (Å²) in [7, 11) is 1.95. The highest BCUT2D eigenvalue weighted by molar-refractivity contribution is 5.93. The van der Waals surface area contributed by atoms with Crippen LogP contribution in [0.3, 0.4) is 0 Å². The van der Waals surface area contributed by atoms with Gasteiger partial charge in [0.25, 0.3) is 5.91 Å². The summed E-state index contributed by atoms with van der Waals surface area (Å²) in [6.45, 7) is 5.65. The van der Waals surface area contributed by atoms with Gasteiger partial charge in [-0.15, -0.1) is 0 Å². The molecule has 0 saturated carbocycles. The Bertz CT molecular complexity index is 717. The monoisotopic (exact) mass is 324 g/mol. The zero-order valence-electron chi connectivity index (χ0n) is 14.6. The molecule has 0 bridgehead atoms. The average Bonchev–Trinajstić information content (AvgIpc) is 2.60. The van der Waals surface area contributed by atoms with Gasteiger partial charge < -0.3 is 9.80 Å². The van der Waals surface area contributed by atoms with Gasteiger partial charge in [0.15, 0.2) is 0 Å². The van der Waals surface area contributed by atoms with Crippen LogP contribution in [0.2, 0.25) is 0 Å². The molecule has 3 rings (SSSR count). The molecule has 0 aliphatic carbocycles. The molecule has 1 amide bonds. The number of para-hydroxylation sites is 1. The van der Waals surface area contributed by atoms with Crippen molar-refractivity contribution in [3.8, 4) is 0 Å². The van der Waals surface area contributed by atoms with Gasteiger partial charge in [0.1, 0.15) is 17.3 Å². The molecule has 1 aliphatic heterocycles. The second-order valence-electron chi connectivity index (χ2n) is 6.55. The Kier molecular flexibility index (Phi) is 4.79. The first-order valence-corrected chi connectivity index (χ1v) is 8.48. The lowest BCUT2D eigenvalue weighted by molar-refractivity contribution is 0.0676. The quantitative estimate of drug-likeness (QED) is 0.868. The minimum Gasteiger partial charge on any atom is -0.337 e. The normalized spacial score (nSPS) is 17.6. The van der Waals surface area contributed by atoms with Gasteiger partial charge in [-0.1, -0.05) is 25.1 Å². The Morgan fingerprint density at radius 3 is 2.71 bits per heavy atom. The minimum absolute atomic E-state index is 0.00904. The Morgan fingerprint density at radius 2 is 2.00 bits per heavy atom. The zero-order valence-corrected chi connectivity index (χ0v) is 14.6. The van der Waals surface area contributed by atoms with E-state index in [4.69, 9.17) is 0 Å². The molecule has 1 aromatic heterocycles. The summed E-state index contributed by atoms with van der Waals surface area (Å²) in [6.07, 6.45) is 2.25. The van der Waals surface area contributed by atoms with E-state index < -0.39 is 0 Å². The van der Waals surface area contributed by atoms with E-state index >= 15 is 0 Å². The molecule has 1 fully saturated rings. The maximum Gasteiger partial charge on any atom is 0.272 e. The number of likely N-dealkylation sites (tertiary alicyclic amines) is 1. The summed E-state index contributed by atoms with van der Waals surface area (Å²) in [5, 5.41) is 0. The van der Waals surface area contributed by atoms with Crippen molar-refractivity contribution in [3.63, 3.8) is 0 Å². The van der Waals surface area contributed by atoms with Gasteiger partial charge in [0, 0.05) is 31.9 Å². The first-order valence-electron chi connectivity index (χ1n) is 8.48. The van der Waals surface area contributed by atoms with Crippen molar-refractivity contribution in [1.82, 2.24) is 14.9 Å². The zero-order chi connectivity index (χ0) is 17.1. The van der Waals surface area contributed by atoms with Crippen molar-refractivity contribution in [2.45, 2.75) is 26.7 Å². The van der Waals surface area contributed by atoms with Crippen molar-refractivity contribution in [2.24, 2.45) is 5.92 Å². The summed E-state index contributed by atoms with van der Waals surface area (Å²) in [4.78, 5) is 25.6. The summed E-state index contributed by atoms with van der Waals surface area (Å²) < 4.78 is 0. The van der Waals surface area contributed by atoms with Crippen LogP contribution in [-0.2, 0) is 0 Å². The van der Waals surface area contributed by atoms with E-state index in [1.165, 1.54) is 6.42 Å². The summed E-state index contributed by atoms with van der Waals surface area (Å²) in [5.74, 6) is 1.91.